The summed E-state index contributed by atoms with van der Waals surface area (Å²) in [5, 5.41) is 8.72. The Kier molecular flexibility index (Phi) is 6.58. The van der Waals surface area contributed by atoms with Crippen LogP contribution in [0.4, 0.5) is 10.1 Å². The summed E-state index contributed by atoms with van der Waals surface area (Å²) in [6.45, 7) is 2.06. The van der Waals surface area contributed by atoms with Crippen LogP contribution in [0.1, 0.15) is 18.9 Å². The first kappa shape index (κ1) is 16.6. The molecule has 1 N–H and O–H groups in total. The molecule has 0 saturated heterocycles. The number of benzene rings is 1. The van der Waals surface area contributed by atoms with E-state index in [1.807, 2.05) is 18.2 Å². The van der Waals surface area contributed by atoms with Crippen LogP contribution in [0.2, 0.25) is 0 Å². The van der Waals surface area contributed by atoms with Crippen molar-refractivity contribution >= 4 is 29.5 Å². The van der Waals surface area contributed by atoms with E-state index < -0.39 is 5.97 Å². The molecule has 20 heavy (non-hydrogen) atoms. The van der Waals surface area contributed by atoms with Gasteiger partial charge in [0.25, 0.3) is 0 Å². The maximum Gasteiger partial charge on any atom is 0.328 e. The monoisotopic (exact) mass is 297 g/mol. The zero-order valence-corrected chi connectivity index (χ0v) is 12.8. The topological polar surface area (TPSA) is 40.5 Å². The maximum absolute atomic E-state index is 14.1. The Labute approximate surface area is 123 Å². The number of para-hydroxylation sites is 1. The quantitative estimate of drug-likeness (QED) is 0.782. The van der Waals surface area contributed by atoms with E-state index in [0.717, 1.165) is 18.2 Å². The van der Waals surface area contributed by atoms with E-state index >= 15 is 0 Å². The van der Waals surface area contributed by atoms with Crippen LogP contribution in [0.5, 0.6) is 0 Å². The average Bonchev–Trinajstić information content (AvgIpc) is 2.41. The van der Waals surface area contributed by atoms with Crippen molar-refractivity contribution in [2.24, 2.45) is 0 Å². The van der Waals surface area contributed by atoms with Crippen molar-refractivity contribution in [3.8, 4) is 0 Å². The van der Waals surface area contributed by atoms with Crippen LogP contribution >= 0.6 is 11.8 Å². The van der Waals surface area contributed by atoms with E-state index in [4.69, 9.17) is 5.11 Å². The third-order valence-electron chi connectivity index (χ3n) is 3.15. The van der Waals surface area contributed by atoms with Crippen LogP contribution in [0, 0.1) is 5.82 Å². The molecule has 0 heterocycles. The van der Waals surface area contributed by atoms with Crippen molar-refractivity contribution < 1.29 is 14.3 Å². The standard InChI is InChI=1S/C15H20FNO2S/c1-4-12(10-20-3)17(2)15-11(8-9-14(18)19)6-5-7-13(15)16/h5-9,12H,4,10H2,1-3H3,(H,18,19)/b9-8+. The Morgan fingerprint density at radius 2 is 2.25 bits per heavy atom. The fraction of sp³-hybridized carbons (Fsp3) is 0.400. The second kappa shape index (κ2) is 7.94. The number of hydrogen-bond donors (Lipinski definition) is 1. The Morgan fingerprint density at radius 3 is 2.80 bits per heavy atom. The number of halogens is 1. The fourth-order valence-electron chi connectivity index (χ4n) is 2.08. The predicted molar refractivity (Wildman–Crippen MR) is 83.9 cm³/mol. The molecule has 0 aliphatic carbocycles. The Morgan fingerprint density at radius 1 is 1.55 bits per heavy atom. The number of carboxylic acids is 1. The zero-order chi connectivity index (χ0) is 15.1. The SMILES string of the molecule is CCC(CSC)N(C)c1c(F)cccc1/C=C/C(=O)O. The van der Waals surface area contributed by atoms with Gasteiger partial charge in [-0.05, 0) is 24.8 Å². The second-order valence-corrected chi connectivity index (χ2v) is 5.39. The largest absolute Gasteiger partial charge is 0.478 e. The number of hydrogen-bond acceptors (Lipinski definition) is 3. The Bertz CT molecular complexity index is 491. The molecule has 1 aromatic carbocycles. The third-order valence-corrected chi connectivity index (χ3v) is 3.87. The van der Waals surface area contributed by atoms with Crippen LogP contribution < -0.4 is 4.90 Å². The zero-order valence-electron chi connectivity index (χ0n) is 12.0. The van der Waals surface area contributed by atoms with Crippen LogP contribution in [0.25, 0.3) is 6.08 Å². The van der Waals surface area contributed by atoms with Gasteiger partial charge in [0, 0.05) is 30.5 Å². The molecule has 5 heteroatoms. The van der Waals surface area contributed by atoms with Crippen LogP contribution in [-0.2, 0) is 4.79 Å². The summed E-state index contributed by atoms with van der Waals surface area (Å²) in [5.41, 5.74) is 1.03. The molecule has 110 valence electrons. The number of aliphatic carboxylic acids is 1. The van der Waals surface area contributed by atoms with Gasteiger partial charge in [0.15, 0.2) is 0 Å². The highest BCUT2D eigenvalue weighted by atomic mass is 32.2. The van der Waals surface area contributed by atoms with E-state index in [0.29, 0.717) is 11.3 Å². The lowest BCUT2D eigenvalue weighted by Gasteiger charge is -2.30. The van der Waals surface area contributed by atoms with E-state index in [1.165, 1.54) is 12.1 Å². The summed E-state index contributed by atoms with van der Waals surface area (Å²) in [7, 11) is 1.85. The van der Waals surface area contributed by atoms with Crippen LogP contribution in [0.15, 0.2) is 24.3 Å². The maximum atomic E-state index is 14.1. The highest BCUT2D eigenvalue weighted by Crippen LogP contribution is 2.28. The number of carboxylic acid groups (broad SMARTS) is 1. The van der Waals surface area contributed by atoms with Gasteiger partial charge in [0.05, 0.1) is 5.69 Å². The molecule has 0 spiro atoms. The highest BCUT2D eigenvalue weighted by Gasteiger charge is 2.18. The molecule has 0 fully saturated rings. The molecular weight excluding hydrogens is 277 g/mol. The minimum atomic E-state index is -1.04. The van der Waals surface area contributed by atoms with E-state index in [2.05, 4.69) is 6.92 Å². The van der Waals surface area contributed by atoms with Crippen molar-refractivity contribution in [1.29, 1.82) is 0 Å². The number of thioether (sulfide) groups is 1. The van der Waals surface area contributed by atoms with Gasteiger partial charge in [-0.25, -0.2) is 9.18 Å². The van der Waals surface area contributed by atoms with E-state index in [-0.39, 0.29) is 11.9 Å². The third kappa shape index (κ3) is 4.27. The molecule has 0 amide bonds. The van der Waals surface area contributed by atoms with Gasteiger partial charge >= 0.3 is 5.97 Å². The minimum absolute atomic E-state index is 0.207. The summed E-state index contributed by atoms with van der Waals surface area (Å²) in [6, 6.07) is 4.92. The second-order valence-electron chi connectivity index (χ2n) is 4.48. The molecule has 0 saturated carbocycles. The predicted octanol–water partition coefficient (Wildman–Crippen LogP) is 3.50. The lowest BCUT2D eigenvalue weighted by molar-refractivity contribution is -0.131. The number of anilines is 1. The Balaban J connectivity index is 3.17. The Hall–Kier alpha value is -1.49. The van der Waals surface area contributed by atoms with Crippen LogP contribution in [-0.4, -0.2) is 36.2 Å². The van der Waals surface area contributed by atoms with Crippen molar-refractivity contribution in [1.82, 2.24) is 0 Å². The van der Waals surface area contributed by atoms with Crippen LogP contribution in [0.3, 0.4) is 0 Å². The summed E-state index contributed by atoms with van der Waals surface area (Å²) in [5.74, 6) is -0.484. The summed E-state index contributed by atoms with van der Waals surface area (Å²) in [6.07, 6.45) is 5.38. The lowest BCUT2D eigenvalue weighted by atomic mass is 10.1. The van der Waals surface area contributed by atoms with Gasteiger partial charge < -0.3 is 10.0 Å². The van der Waals surface area contributed by atoms with Crippen molar-refractivity contribution in [2.45, 2.75) is 19.4 Å². The van der Waals surface area contributed by atoms with Crippen molar-refractivity contribution in [3.63, 3.8) is 0 Å². The molecule has 1 aromatic rings. The van der Waals surface area contributed by atoms with Gasteiger partial charge in [0.2, 0.25) is 0 Å². The molecule has 0 aliphatic heterocycles. The minimum Gasteiger partial charge on any atom is -0.478 e. The molecule has 1 atom stereocenters. The molecular formula is C15H20FNO2S. The first-order valence-electron chi connectivity index (χ1n) is 6.42. The molecule has 3 nitrogen and oxygen atoms in total. The van der Waals surface area contributed by atoms with Gasteiger partial charge in [0.1, 0.15) is 5.82 Å². The normalized spacial score (nSPS) is 12.6. The number of carbonyl (C=O) groups is 1. The van der Waals surface area contributed by atoms with E-state index in [1.54, 1.807) is 23.9 Å². The molecule has 0 bridgehead atoms. The van der Waals surface area contributed by atoms with Gasteiger partial charge in [-0.15, -0.1) is 0 Å². The first-order chi connectivity index (χ1) is 9.51. The van der Waals surface area contributed by atoms with Gasteiger partial charge in [-0.2, -0.15) is 11.8 Å². The average molecular weight is 297 g/mol. The molecule has 1 unspecified atom stereocenters. The highest BCUT2D eigenvalue weighted by molar-refractivity contribution is 7.98. The number of rotatable bonds is 7. The fourth-order valence-corrected chi connectivity index (χ4v) is 2.92. The molecule has 0 radical (unpaired) electrons. The molecule has 0 aliphatic rings. The smallest absolute Gasteiger partial charge is 0.328 e. The lowest BCUT2D eigenvalue weighted by Crippen LogP contribution is -2.34. The number of nitrogens with zero attached hydrogens (tertiary/aromatic N) is 1. The van der Waals surface area contributed by atoms with Gasteiger partial charge in [-0.3, -0.25) is 0 Å². The summed E-state index contributed by atoms with van der Waals surface area (Å²) < 4.78 is 14.1. The van der Waals surface area contributed by atoms with Crippen molar-refractivity contribution in [2.75, 3.05) is 24.0 Å². The summed E-state index contributed by atoms with van der Waals surface area (Å²) in [4.78, 5) is 12.5. The summed E-state index contributed by atoms with van der Waals surface area (Å²) >= 11 is 1.71. The first-order valence-corrected chi connectivity index (χ1v) is 7.81. The van der Waals surface area contributed by atoms with E-state index in [9.17, 15) is 9.18 Å². The molecule has 1 rings (SSSR count). The molecule has 0 aromatic heterocycles. The van der Waals surface area contributed by atoms with Crippen molar-refractivity contribution in [3.05, 3.63) is 35.7 Å². The van der Waals surface area contributed by atoms with Gasteiger partial charge in [-0.1, -0.05) is 19.1 Å².